The lowest BCUT2D eigenvalue weighted by Crippen LogP contribution is -2.50. The fourth-order valence-electron chi connectivity index (χ4n) is 1.81. The number of rotatable bonds is 7. The van der Waals surface area contributed by atoms with Crippen molar-refractivity contribution in [3.8, 4) is 0 Å². The van der Waals surface area contributed by atoms with E-state index in [4.69, 9.17) is 0 Å². The van der Waals surface area contributed by atoms with Crippen LogP contribution in [0.4, 0.5) is 0 Å². The lowest BCUT2D eigenvalue weighted by atomic mass is 9.96. The number of hydrogen-bond acceptors (Lipinski definition) is 3. The number of benzene rings is 1. The zero-order valence-electron chi connectivity index (χ0n) is 10.9. The Morgan fingerprint density at radius 3 is 2.17 bits per heavy atom. The van der Waals surface area contributed by atoms with Gasteiger partial charge in [0.05, 0.1) is 17.9 Å². The Morgan fingerprint density at radius 1 is 1.17 bits per heavy atom. The van der Waals surface area contributed by atoms with E-state index < -0.39 is 15.6 Å². The molecule has 0 spiro atoms. The van der Waals surface area contributed by atoms with Crippen LogP contribution < -0.4 is 4.72 Å². The second kappa shape index (κ2) is 6.31. The third kappa shape index (κ3) is 4.08. The maximum absolute atomic E-state index is 12.1. The Morgan fingerprint density at radius 2 is 1.72 bits per heavy atom. The fraction of sp³-hybridized carbons (Fsp3) is 0.538. The summed E-state index contributed by atoms with van der Waals surface area (Å²) in [4.78, 5) is 0. The highest BCUT2D eigenvalue weighted by atomic mass is 32.2. The quantitative estimate of drug-likeness (QED) is 0.792. The van der Waals surface area contributed by atoms with Crippen LogP contribution in [0.25, 0.3) is 0 Å². The van der Waals surface area contributed by atoms with Crippen molar-refractivity contribution >= 4 is 10.0 Å². The third-order valence-corrected chi connectivity index (χ3v) is 4.69. The first-order valence-corrected chi connectivity index (χ1v) is 7.78. The molecule has 0 radical (unpaired) electrons. The Kier molecular flexibility index (Phi) is 5.31. The monoisotopic (exact) mass is 271 g/mol. The van der Waals surface area contributed by atoms with E-state index in [1.54, 1.807) is 12.1 Å². The van der Waals surface area contributed by atoms with Gasteiger partial charge in [-0.1, -0.05) is 44.2 Å². The van der Waals surface area contributed by atoms with Gasteiger partial charge in [-0.15, -0.1) is 0 Å². The summed E-state index contributed by atoms with van der Waals surface area (Å²) in [6.45, 7) is 3.55. The normalized spacial score (nSPS) is 12.6. The average molecular weight is 271 g/mol. The standard InChI is InChI=1S/C13H21NO3S/c1-3-13(4-2,11-15)14-18(16,17)10-12-8-6-5-7-9-12/h5-9,14-15H,3-4,10-11H2,1-2H3. The van der Waals surface area contributed by atoms with Crippen molar-refractivity contribution in [3.05, 3.63) is 35.9 Å². The summed E-state index contributed by atoms with van der Waals surface area (Å²) in [6, 6.07) is 9.02. The number of sulfonamides is 1. The molecular formula is C13H21NO3S. The average Bonchev–Trinajstić information content (AvgIpc) is 2.37. The van der Waals surface area contributed by atoms with Gasteiger partial charge in [-0.3, -0.25) is 0 Å². The van der Waals surface area contributed by atoms with E-state index in [1.807, 2.05) is 32.0 Å². The van der Waals surface area contributed by atoms with Crippen molar-refractivity contribution < 1.29 is 13.5 Å². The Labute approximate surface area is 109 Å². The Hall–Kier alpha value is -0.910. The first-order valence-electron chi connectivity index (χ1n) is 6.13. The number of aliphatic hydroxyl groups is 1. The number of nitrogens with one attached hydrogen (secondary N) is 1. The minimum atomic E-state index is -3.44. The van der Waals surface area contributed by atoms with E-state index in [1.165, 1.54) is 0 Å². The van der Waals surface area contributed by atoms with Crippen LogP contribution in [0.1, 0.15) is 32.3 Å². The second-order valence-corrected chi connectivity index (χ2v) is 6.21. The molecule has 0 fully saturated rings. The molecule has 0 saturated carbocycles. The van der Waals surface area contributed by atoms with E-state index in [9.17, 15) is 13.5 Å². The van der Waals surface area contributed by atoms with E-state index in [0.29, 0.717) is 12.8 Å². The topological polar surface area (TPSA) is 66.4 Å². The Bertz CT molecular complexity index is 444. The predicted octanol–water partition coefficient (Wildman–Crippen LogP) is 1.66. The molecule has 0 aliphatic carbocycles. The summed E-state index contributed by atoms with van der Waals surface area (Å²) in [6.07, 6.45) is 1.13. The molecule has 1 rings (SSSR count). The van der Waals surface area contributed by atoms with Crippen LogP contribution in [0.15, 0.2) is 30.3 Å². The smallest absolute Gasteiger partial charge is 0.216 e. The van der Waals surface area contributed by atoms with Crippen LogP contribution in [0.2, 0.25) is 0 Å². The third-order valence-electron chi connectivity index (χ3n) is 3.23. The molecule has 18 heavy (non-hydrogen) atoms. The van der Waals surface area contributed by atoms with Crippen LogP contribution in [0, 0.1) is 0 Å². The highest BCUT2D eigenvalue weighted by molar-refractivity contribution is 7.88. The summed E-state index contributed by atoms with van der Waals surface area (Å²) in [7, 11) is -3.44. The lowest BCUT2D eigenvalue weighted by Gasteiger charge is -2.30. The molecular weight excluding hydrogens is 250 g/mol. The fourth-order valence-corrected chi connectivity index (χ4v) is 3.53. The summed E-state index contributed by atoms with van der Waals surface area (Å²) < 4.78 is 26.8. The zero-order valence-corrected chi connectivity index (χ0v) is 11.7. The lowest BCUT2D eigenvalue weighted by molar-refractivity contribution is 0.172. The molecule has 1 aromatic carbocycles. The number of aliphatic hydroxyl groups excluding tert-OH is 1. The largest absolute Gasteiger partial charge is 0.394 e. The van der Waals surface area contributed by atoms with E-state index >= 15 is 0 Å². The molecule has 2 N–H and O–H groups in total. The summed E-state index contributed by atoms with van der Waals surface area (Å²) in [5, 5.41) is 9.38. The second-order valence-electron chi connectivity index (χ2n) is 4.49. The molecule has 0 aliphatic rings. The van der Waals surface area contributed by atoms with Gasteiger partial charge in [0.2, 0.25) is 10.0 Å². The van der Waals surface area contributed by atoms with Crippen molar-refractivity contribution in [2.24, 2.45) is 0 Å². The Balaban J connectivity index is 2.82. The molecule has 4 nitrogen and oxygen atoms in total. The molecule has 0 heterocycles. The number of hydrogen-bond donors (Lipinski definition) is 2. The minimum Gasteiger partial charge on any atom is -0.394 e. The van der Waals surface area contributed by atoms with Gasteiger partial charge in [0.25, 0.3) is 0 Å². The summed E-state index contributed by atoms with van der Waals surface area (Å²) in [5.41, 5.74) is -0.00259. The predicted molar refractivity (Wildman–Crippen MR) is 72.6 cm³/mol. The zero-order chi connectivity index (χ0) is 13.6. The van der Waals surface area contributed by atoms with Gasteiger partial charge in [0.15, 0.2) is 0 Å². The van der Waals surface area contributed by atoms with Crippen molar-refractivity contribution in [2.45, 2.75) is 38.0 Å². The van der Waals surface area contributed by atoms with Gasteiger partial charge in [-0.2, -0.15) is 0 Å². The van der Waals surface area contributed by atoms with Crippen LogP contribution in [0.5, 0.6) is 0 Å². The molecule has 5 heteroatoms. The van der Waals surface area contributed by atoms with Crippen molar-refractivity contribution in [2.75, 3.05) is 6.61 Å². The molecule has 0 saturated heterocycles. The van der Waals surface area contributed by atoms with Crippen molar-refractivity contribution in [3.63, 3.8) is 0 Å². The summed E-state index contributed by atoms with van der Waals surface area (Å²) >= 11 is 0. The highest BCUT2D eigenvalue weighted by Crippen LogP contribution is 2.17. The molecule has 0 aromatic heterocycles. The van der Waals surface area contributed by atoms with Gasteiger partial charge in [-0.25, -0.2) is 13.1 Å². The molecule has 102 valence electrons. The van der Waals surface area contributed by atoms with Crippen molar-refractivity contribution in [1.29, 1.82) is 0 Å². The van der Waals surface area contributed by atoms with Gasteiger partial charge in [0, 0.05) is 0 Å². The van der Waals surface area contributed by atoms with E-state index in [0.717, 1.165) is 5.56 Å². The van der Waals surface area contributed by atoms with E-state index in [-0.39, 0.29) is 12.4 Å². The van der Waals surface area contributed by atoms with Gasteiger partial charge >= 0.3 is 0 Å². The molecule has 0 amide bonds. The minimum absolute atomic E-state index is 0.0599. The van der Waals surface area contributed by atoms with Crippen LogP contribution in [0.3, 0.4) is 0 Å². The molecule has 1 aromatic rings. The van der Waals surface area contributed by atoms with Gasteiger partial charge < -0.3 is 5.11 Å². The van der Waals surface area contributed by atoms with Gasteiger partial charge in [-0.05, 0) is 18.4 Å². The first kappa shape index (κ1) is 15.1. The maximum Gasteiger partial charge on any atom is 0.216 e. The molecule has 0 atom stereocenters. The van der Waals surface area contributed by atoms with E-state index in [2.05, 4.69) is 4.72 Å². The molecule has 0 aliphatic heterocycles. The van der Waals surface area contributed by atoms with Crippen LogP contribution >= 0.6 is 0 Å². The summed E-state index contributed by atoms with van der Waals surface area (Å²) in [5.74, 6) is -0.0599. The van der Waals surface area contributed by atoms with Crippen LogP contribution in [-0.4, -0.2) is 25.7 Å². The SMILES string of the molecule is CCC(CC)(CO)NS(=O)(=O)Cc1ccccc1. The maximum atomic E-state index is 12.1. The van der Waals surface area contributed by atoms with Crippen LogP contribution in [-0.2, 0) is 15.8 Å². The molecule has 0 bridgehead atoms. The van der Waals surface area contributed by atoms with Crippen molar-refractivity contribution in [1.82, 2.24) is 4.72 Å². The van der Waals surface area contributed by atoms with Gasteiger partial charge in [0.1, 0.15) is 0 Å². The first-order chi connectivity index (χ1) is 8.47. The highest BCUT2D eigenvalue weighted by Gasteiger charge is 2.30. The molecule has 0 unspecified atom stereocenters.